The molecule has 24 heavy (non-hydrogen) atoms. The van der Waals surface area contributed by atoms with Crippen molar-refractivity contribution < 1.29 is 13.7 Å². The molecule has 0 aliphatic carbocycles. The van der Waals surface area contributed by atoms with Gasteiger partial charge in [0.25, 0.3) is 0 Å². The standard InChI is InChI=1S/C18H21N3O3/c1-12-20-18(24-21-12)17(13-6-8-22-9-7-13)19-11-15-10-14-4-2-3-5-16(14)23-15/h2-5,10,13,17,19H,6-9,11H2,1H3. The SMILES string of the molecule is Cc1noc(C(NCc2cc3ccccc3o2)C2CCOCC2)n1. The van der Waals surface area contributed by atoms with Crippen molar-refractivity contribution in [1.82, 2.24) is 15.5 Å². The van der Waals surface area contributed by atoms with E-state index in [4.69, 9.17) is 13.7 Å². The molecule has 6 heteroatoms. The quantitative estimate of drug-likeness (QED) is 0.774. The van der Waals surface area contributed by atoms with E-state index in [1.807, 2.05) is 25.1 Å². The summed E-state index contributed by atoms with van der Waals surface area (Å²) in [7, 11) is 0. The zero-order valence-electron chi connectivity index (χ0n) is 13.7. The Labute approximate surface area is 140 Å². The van der Waals surface area contributed by atoms with E-state index in [0.29, 0.717) is 24.2 Å². The van der Waals surface area contributed by atoms with Gasteiger partial charge in [0.05, 0.1) is 12.6 Å². The van der Waals surface area contributed by atoms with Crippen molar-refractivity contribution in [2.75, 3.05) is 13.2 Å². The van der Waals surface area contributed by atoms with Crippen LogP contribution in [0.5, 0.6) is 0 Å². The third-order valence-corrected chi connectivity index (χ3v) is 4.52. The highest BCUT2D eigenvalue weighted by Gasteiger charge is 2.29. The Balaban J connectivity index is 1.52. The van der Waals surface area contributed by atoms with Crippen LogP contribution < -0.4 is 5.32 Å². The molecule has 0 spiro atoms. The van der Waals surface area contributed by atoms with Crippen LogP contribution in [0.2, 0.25) is 0 Å². The normalized spacial score (nSPS) is 17.4. The maximum Gasteiger partial charge on any atom is 0.244 e. The highest BCUT2D eigenvalue weighted by Crippen LogP contribution is 2.30. The van der Waals surface area contributed by atoms with Crippen molar-refractivity contribution in [1.29, 1.82) is 0 Å². The van der Waals surface area contributed by atoms with E-state index in [-0.39, 0.29) is 6.04 Å². The summed E-state index contributed by atoms with van der Waals surface area (Å²) in [6.45, 7) is 4.02. The molecule has 1 N–H and O–H groups in total. The first kappa shape index (κ1) is 15.4. The average Bonchev–Trinajstić information content (AvgIpc) is 3.22. The van der Waals surface area contributed by atoms with E-state index in [9.17, 15) is 0 Å². The minimum absolute atomic E-state index is 0.0170. The molecule has 1 atom stereocenters. The molecule has 1 aromatic carbocycles. The molecule has 1 aliphatic rings. The number of para-hydroxylation sites is 1. The zero-order chi connectivity index (χ0) is 16.4. The van der Waals surface area contributed by atoms with Crippen LogP contribution in [0, 0.1) is 12.8 Å². The number of hydrogen-bond acceptors (Lipinski definition) is 6. The number of fused-ring (bicyclic) bond motifs is 1. The number of ether oxygens (including phenoxy) is 1. The fraction of sp³-hybridized carbons (Fsp3) is 0.444. The molecule has 0 amide bonds. The van der Waals surface area contributed by atoms with E-state index in [0.717, 1.165) is 42.8 Å². The Morgan fingerprint density at radius 1 is 1.25 bits per heavy atom. The molecule has 126 valence electrons. The van der Waals surface area contributed by atoms with Gasteiger partial charge in [0, 0.05) is 18.6 Å². The summed E-state index contributed by atoms with van der Waals surface area (Å²) in [5.74, 6) is 2.63. The summed E-state index contributed by atoms with van der Waals surface area (Å²) in [4.78, 5) is 4.43. The maximum absolute atomic E-state index is 5.89. The number of nitrogens with one attached hydrogen (secondary N) is 1. The third kappa shape index (κ3) is 3.20. The van der Waals surface area contributed by atoms with Gasteiger partial charge in [-0.2, -0.15) is 4.98 Å². The Bertz CT molecular complexity index is 772. The van der Waals surface area contributed by atoms with Gasteiger partial charge in [-0.1, -0.05) is 23.4 Å². The van der Waals surface area contributed by atoms with Gasteiger partial charge < -0.3 is 13.7 Å². The lowest BCUT2D eigenvalue weighted by molar-refractivity contribution is 0.0483. The van der Waals surface area contributed by atoms with E-state index in [2.05, 4.69) is 27.6 Å². The molecule has 1 unspecified atom stereocenters. The van der Waals surface area contributed by atoms with Crippen LogP contribution in [0.25, 0.3) is 11.0 Å². The smallest absolute Gasteiger partial charge is 0.244 e. The highest BCUT2D eigenvalue weighted by molar-refractivity contribution is 5.77. The molecule has 1 aliphatic heterocycles. The van der Waals surface area contributed by atoms with Gasteiger partial charge >= 0.3 is 0 Å². The minimum Gasteiger partial charge on any atom is -0.460 e. The molecule has 6 nitrogen and oxygen atoms in total. The number of hydrogen-bond donors (Lipinski definition) is 1. The van der Waals surface area contributed by atoms with Crippen LogP contribution in [-0.2, 0) is 11.3 Å². The van der Waals surface area contributed by atoms with Crippen LogP contribution in [0.1, 0.15) is 36.4 Å². The lowest BCUT2D eigenvalue weighted by Crippen LogP contribution is -2.32. The van der Waals surface area contributed by atoms with Crippen molar-refractivity contribution in [2.24, 2.45) is 5.92 Å². The largest absolute Gasteiger partial charge is 0.460 e. The first-order valence-electron chi connectivity index (χ1n) is 8.38. The Kier molecular flexibility index (Phi) is 4.32. The second-order valence-electron chi connectivity index (χ2n) is 6.24. The van der Waals surface area contributed by atoms with E-state index in [1.54, 1.807) is 0 Å². The summed E-state index contributed by atoms with van der Waals surface area (Å²) in [6, 6.07) is 10.1. The van der Waals surface area contributed by atoms with Gasteiger partial charge in [-0.3, -0.25) is 5.32 Å². The van der Waals surface area contributed by atoms with Crippen LogP contribution in [-0.4, -0.2) is 23.4 Å². The summed E-state index contributed by atoms with van der Waals surface area (Å²) in [6.07, 6.45) is 1.97. The summed E-state index contributed by atoms with van der Waals surface area (Å²) in [5.41, 5.74) is 0.908. The van der Waals surface area contributed by atoms with Crippen molar-refractivity contribution >= 4 is 11.0 Å². The lowest BCUT2D eigenvalue weighted by atomic mass is 9.91. The molecular formula is C18H21N3O3. The summed E-state index contributed by atoms with van der Waals surface area (Å²) < 4.78 is 16.8. The molecule has 0 bridgehead atoms. The van der Waals surface area contributed by atoms with Crippen LogP contribution in [0.15, 0.2) is 39.3 Å². The molecular weight excluding hydrogens is 306 g/mol. The van der Waals surface area contributed by atoms with E-state index in [1.165, 1.54) is 0 Å². The van der Waals surface area contributed by atoms with Crippen molar-refractivity contribution in [3.63, 3.8) is 0 Å². The van der Waals surface area contributed by atoms with Crippen molar-refractivity contribution in [3.05, 3.63) is 47.8 Å². The topological polar surface area (TPSA) is 73.3 Å². The predicted octanol–water partition coefficient (Wildman–Crippen LogP) is 3.38. The van der Waals surface area contributed by atoms with Gasteiger partial charge in [-0.25, -0.2) is 0 Å². The fourth-order valence-corrected chi connectivity index (χ4v) is 3.28. The first-order valence-corrected chi connectivity index (χ1v) is 8.38. The summed E-state index contributed by atoms with van der Waals surface area (Å²) >= 11 is 0. The molecule has 1 fully saturated rings. The predicted molar refractivity (Wildman–Crippen MR) is 88.4 cm³/mol. The van der Waals surface area contributed by atoms with E-state index < -0.39 is 0 Å². The van der Waals surface area contributed by atoms with Crippen LogP contribution in [0.4, 0.5) is 0 Å². The molecule has 0 radical (unpaired) electrons. The number of aryl methyl sites for hydroxylation is 1. The first-order chi connectivity index (χ1) is 11.8. The number of rotatable bonds is 5. The molecule has 1 saturated heterocycles. The number of aromatic nitrogens is 2. The maximum atomic E-state index is 5.89. The molecule has 0 saturated carbocycles. The lowest BCUT2D eigenvalue weighted by Gasteiger charge is -2.28. The van der Waals surface area contributed by atoms with Gasteiger partial charge in [-0.15, -0.1) is 0 Å². The molecule has 3 aromatic rings. The average molecular weight is 327 g/mol. The molecule has 4 rings (SSSR count). The van der Waals surface area contributed by atoms with Crippen LogP contribution in [0.3, 0.4) is 0 Å². The monoisotopic (exact) mass is 327 g/mol. The number of nitrogens with zero attached hydrogens (tertiary/aromatic N) is 2. The van der Waals surface area contributed by atoms with Gasteiger partial charge in [0.2, 0.25) is 5.89 Å². The van der Waals surface area contributed by atoms with Crippen molar-refractivity contribution in [2.45, 2.75) is 32.4 Å². The summed E-state index contributed by atoms with van der Waals surface area (Å²) in [5, 5.41) is 8.61. The van der Waals surface area contributed by atoms with E-state index >= 15 is 0 Å². The highest BCUT2D eigenvalue weighted by atomic mass is 16.5. The van der Waals surface area contributed by atoms with Crippen LogP contribution >= 0.6 is 0 Å². The number of furan rings is 1. The number of benzene rings is 1. The minimum atomic E-state index is 0.0170. The van der Waals surface area contributed by atoms with Crippen molar-refractivity contribution in [3.8, 4) is 0 Å². The zero-order valence-corrected chi connectivity index (χ0v) is 13.7. The Morgan fingerprint density at radius 2 is 2.08 bits per heavy atom. The Morgan fingerprint density at radius 3 is 2.83 bits per heavy atom. The second-order valence-corrected chi connectivity index (χ2v) is 6.24. The fourth-order valence-electron chi connectivity index (χ4n) is 3.28. The second kappa shape index (κ2) is 6.75. The van der Waals surface area contributed by atoms with Gasteiger partial charge in [0.1, 0.15) is 11.3 Å². The van der Waals surface area contributed by atoms with Gasteiger partial charge in [-0.05, 0) is 37.8 Å². The third-order valence-electron chi connectivity index (χ3n) is 4.52. The molecule has 3 heterocycles. The molecule has 2 aromatic heterocycles. The van der Waals surface area contributed by atoms with Gasteiger partial charge in [0.15, 0.2) is 5.82 Å². The Hall–Kier alpha value is -2.18.